The summed E-state index contributed by atoms with van der Waals surface area (Å²) in [5.41, 5.74) is 3.48. The molecule has 0 radical (unpaired) electrons. The third-order valence-corrected chi connectivity index (χ3v) is 5.93. The summed E-state index contributed by atoms with van der Waals surface area (Å²) in [5, 5.41) is 7.20. The van der Waals surface area contributed by atoms with Crippen molar-refractivity contribution in [1.82, 2.24) is 15.6 Å². The van der Waals surface area contributed by atoms with Crippen molar-refractivity contribution in [2.75, 3.05) is 39.5 Å². The highest BCUT2D eigenvalue weighted by Crippen LogP contribution is 2.28. The van der Waals surface area contributed by atoms with E-state index in [2.05, 4.69) is 15.8 Å². The van der Waals surface area contributed by atoms with Gasteiger partial charge in [-0.05, 0) is 54.8 Å². The number of hydrogen-bond donors (Lipinski definition) is 2. The van der Waals surface area contributed by atoms with Crippen LogP contribution in [0.4, 0.5) is 0 Å². The van der Waals surface area contributed by atoms with Crippen molar-refractivity contribution in [3.63, 3.8) is 0 Å². The molecule has 38 heavy (non-hydrogen) atoms. The van der Waals surface area contributed by atoms with Gasteiger partial charge in [-0.15, -0.1) is 0 Å². The van der Waals surface area contributed by atoms with E-state index in [1.165, 1.54) is 12.3 Å². The molecule has 1 heterocycles. The second-order valence-electron chi connectivity index (χ2n) is 8.86. The van der Waals surface area contributed by atoms with Gasteiger partial charge < -0.3 is 24.4 Å². The Morgan fingerprint density at radius 1 is 1.11 bits per heavy atom. The lowest BCUT2D eigenvalue weighted by Gasteiger charge is -2.26. The molecule has 0 saturated carbocycles. The first kappa shape index (κ1) is 28.9. The smallest absolute Gasteiger partial charge is 0.262 e. The molecule has 1 aliphatic heterocycles. The Morgan fingerprint density at radius 2 is 1.87 bits per heavy atom. The van der Waals surface area contributed by atoms with E-state index in [-0.39, 0.29) is 18.4 Å². The van der Waals surface area contributed by atoms with Crippen molar-refractivity contribution in [2.45, 2.75) is 26.8 Å². The van der Waals surface area contributed by atoms with Crippen molar-refractivity contribution < 1.29 is 28.6 Å². The Kier molecular flexibility index (Phi) is 10.9. The van der Waals surface area contributed by atoms with E-state index in [9.17, 15) is 14.4 Å². The zero-order valence-corrected chi connectivity index (χ0v) is 22.5. The number of amides is 3. The molecule has 10 nitrogen and oxygen atoms in total. The number of benzene rings is 2. The summed E-state index contributed by atoms with van der Waals surface area (Å²) in [7, 11) is 0. The van der Waals surface area contributed by atoms with Crippen molar-refractivity contribution in [2.24, 2.45) is 11.0 Å². The monoisotopic (exact) mass is 544 g/mol. The van der Waals surface area contributed by atoms with Gasteiger partial charge in [-0.25, -0.2) is 5.43 Å². The molecule has 204 valence electrons. The SMILES string of the molecule is CCOc1cc(/C=N/NC(=O)C(NC(=O)c2cccc(Cl)c2)C(C)C)ccc1OCC(=O)N1CCOCC1. The summed E-state index contributed by atoms with van der Waals surface area (Å²) >= 11 is 5.97. The largest absolute Gasteiger partial charge is 0.490 e. The van der Waals surface area contributed by atoms with Crippen molar-refractivity contribution in [3.05, 3.63) is 58.6 Å². The molecule has 1 unspecified atom stereocenters. The van der Waals surface area contributed by atoms with Crippen molar-refractivity contribution >= 4 is 35.5 Å². The number of carbonyl (C=O) groups excluding carboxylic acids is 3. The summed E-state index contributed by atoms with van der Waals surface area (Å²) in [6, 6.07) is 10.8. The number of halogens is 1. The maximum atomic E-state index is 12.8. The van der Waals surface area contributed by atoms with E-state index in [0.29, 0.717) is 60.6 Å². The summed E-state index contributed by atoms with van der Waals surface area (Å²) in [4.78, 5) is 39.4. The van der Waals surface area contributed by atoms with E-state index >= 15 is 0 Å². The Hall–Kier alpha value is -3.63. The predicted octanol–water partition coefficient (Wildman–Crippen LogP) is 2.88. The number of hydrazone groups is 1. The zero-order valence-electron chi connectivity index (χ0n) is 21.7. The summed E-state index contributed by atoms with van der Waals surface area (Å²) < 4.78 is 16.7. The number of ether oxygens (including phenoxy) is 3. The number of nitrogens with zero attached hydrogens (tertiary/aromatic N) is 2. The normalized spacial score (nSPS) is 14.3. The van der Waals surface area contributed by atoms with Gasteiger partial charge in [0.15, 0.2) is 18.1 Å². The molecule has 3 rings (SSSR count). The first-order valence-corrected chi connectivity index (χ1v) is 12.8. The Bertz CT molecular complexity index is 1150. The van der Waals surface area contributed by atoms with Crippen LogP contribution in [0.5, 0.6) is 11.5 Å². The average molecular weight is 545 g/mol. The van der Waals surface area contributed by atoms with Crippen LogP contribution in [-0.4, -0.2) is 74.4 Å². The topological polar surface area (TPSA) is 119 Å². The van der Waals surface area contributed by atoms with E-state index in [4.69, 9.17) is 25.8 Å². The van der Waals surface area contributed by atoms with Gasteiger partial charge in [0.05, 0.1) is 26.0 Å². The van der Waals surface area contributed by atoms with Crippen LogP contribution < -0.4 is 20.2 Å². The van der Waals surface area contributed by atoms with Gasteiger partial charge >= 0.3 is 0 Å². The fraction of sp³-hybridized carbons (Fsp3) is 0.407. The van der Waals surface area contributed by atoms with Gasteiger partial charge in [0.25, 0.3) is 17.7 Å². The lowest BCUT2D eigenvalue weighted by Crippen LogP contribution is -2.48. The van der Waals surface area contributed by atoms with E-state index in [1.807, 2.05) is 20.8 Å². The predicted molar refractivity (Wildman–Crippen MR) is 144 cm³/mol. The van der Waals surface area contributed by atoms with Crippen LogP contribution >= 0.6 is 11.6 Å². The summed E-state index contributed by atoms with van der Waals surface area (Å²) in [6.07, 6.45) is 1.46. The molecule has 1 fully saturated rings. The maximum Gasteiger partial charge on any atom is 0.262 e. The molecule has 2 N–H and O–H groups in total. The van der Waals surface area contributed by atoms with E-state index in [0.717, 1.165) is 0 Å². The average Bonchev–Trinajstić information content (AvgIpc) is 2.91. The highest BCUT2D eigenvalue weighted by atomic mass is 35.5. The quantitative estimate of drug-likeness (QED) is 0.332. The molecule has 0 spiro atoms. The minimum atomic E-state index is -0.808. The van der Waals surface area contributed by atoms with Crippen LogP contribution in [0.3, 0.4) is 0 Å². The molecule has 1 atom stereocenters. The fourth-order valence-corrected chi connectivity index (χ4v) is 3.86. The minimum Gasteiger partial charge on any atom is -0.490 e. The van der Waals surface area contributed by atoms with Crippen LogP contribution in [0.2, 0.25) is 5.02 Å². The molecule has 0 aromatic heterocycles. The third-order valence-electron chi connectivity index (χ3n) is 5.69. The van der Waals surface area contributed by atoms with Crippen LogP contribution in [0, 0.1) is 5.92 Å². The fourth-order valence-electron chi connectivity index (χ4n) is 3.67. The van der Waals surface area contributed by atoms with Gasteiger partial charge in [-0.3, -0.25) is 14.4 Å². The van der Waals surface area contributed by atoms with Crippen molar-refractivity contribution in [3.8, 4) is 11.5 Å². The number of nitrogens with one attached hydrogen (secondary N) is 2. The van der Waals surface area contributed by atoms with E-state index in [1.54, 1.807) is 41.3 Å². The molecule has 0 aliphatic carbocycles. The number of hydrogen-bond acceptors (Lipinski definition) is 7. The van der Waals surface area contributed by atoms with E-state index < -0.39 is 17.9 Å². The Balaban J connectivity index is 1.60. The van der Waals surface area contributed by atoms with Crippen LogP contribution in [0.1, 0.15) is 36.7 Å². The number of rotatable bonds is 11. The third kappa shape index (κ3) is 8.46. The zero-order chi connectivity index (χ0) is 27.5. The minimum absolute atomic E-state index is 0.110. The van der Waals surface area contributed by atoms with Crippen LogP contribution in [-0.2, 0) is 14.3 Å². The molecule has 2 aromatic rings. The Morgan fingerprint density at radius 3 is 2.55 bits per heavy atom. The molecule has 2 aromatic carbocycles. The first-order valence-electron chi connectivity index (χ1n) is 12.4. The maximum absolute atomic E-state index is 12.8. The second kappa shape index (κ2) is 14.3. The second-order valence-corrected chi connectivity index (χ2v) is 9.30. The van der Waals surface area contributed by atoms with Gasteiger partial charge in [0, 0.05) is 23.7 Å². The van der Waals surface area contributed by atoms with Gasteiger partial charge in [0.2, 0.25) is 0 Å². The van der Waals surface area contributed by atoms with Crippen molar-refractivity contribution in [1.29, 1.82) is 0 Å². The Labute approximate surface area is 227 Å². The first-order chi connectivity index (χ1) is 18.3. The highest BCUT2D eigenvalue weighted by molar-refractivity contribution is 6.31. The lowest BCUT2D eigenvalue weighted by molar-refractivity contribution is -0.137. The molecular formula is C27H33ClN4O6. The molecule has 1 saturated heterocycles. The van der Waals surface area contributed by atoms with Crippen LogP contribution in [0.25, 0.3) is 0 Å². The number of carbonyl (C=O) groups is 3. The molecule has 1 aliphatic rings. The van der Waals surface area contributed by atoms with Gasteiger partial charge in [-0.1, -0.05) is 31.5 Å². The highest BCUT2D eigenvalue weighted by Gasteiger charge is 2.24. The molecule has 0 bridgehead atoms. The van der Waals surface area contributed by atoms with Gasteiger partial charge in [-0.2, -0.15) is 5.10 Å². The lowest BCUT2D eigenvalue weighted by atomic mass is 10.0. The molecule has 11 heteroatoms. The molecule has 3 amide bonds. The summed E-state index contributed by atoms with van der Waals surface area (Å²) in [5.74, 6) is -0.294. The van der Waals surface area contributed by atoms with Gasteiger partial charge in [0.1, 0.15) is 6.04 Å². The number of morpholine rings is 1. The summed E-state index contributed by atoms with van der Waals surface area (Å²) in [6.45, 7) is 7.90. The molecular weight excluding hydrogens is 512 g/mol. The standard InChI is InChI=1S/C27H33ClN4O6/c1-4-37-23-14-19(8-9-22(23)38-17-24(33)32-10-12-36-13-11-32)16-29-31-27(35)25(18(2)3)30-26(34)20-6-5-7-21(28)15-20/h5-9,14-16,18,25H,4,10-13,17H2,1-3H3,(H,30,34)(H,31,35)/b29-16+. The van der Waals surface area contributed by atoms with Crippen LogP contribution in [0.15, 0.2) is 47.6 Å².